The van der Waals surface area contributed by atoms with Gasteiger partial charge in [0.25, 0.3) is 0 Å². The molecule has 0 aliphatic carbocycles. The number of fused-ring (bicyclic) bond motifs is 4. The van der Waals surface area contributed by atoms with Gasteiger partial charge >= 0.3 is 6.18 Å². The van der Waals surface area contributed by atoms with Gasteiger partial charge in [-0.05, 0) is 48.0 Å². The molecule has 0 saturated carbocycles. The van der Waals surface area contributed by atoms with Crippen LogP contribution in [-0.4, -0.2) is 24.1 Å². The number of nitriles is 1. The van der Waals surface area contributed by atoms with Gasteiger partial charge in [-0.1, -0.05) is 12.1 Å². The third-order valence-electron chi connectivity index (χ3n) is 6.46. The first-order chi connectivity index (χ1) is 18.3. The van der Waals surface area contributed by atoms with Crippen LogP contribution in [0.1, 0.15) is 5.56 Å². The van der Waals surface area contributed by atoms with Crippen LogP contribution in [0.4, 0.5) is 19.0 Å². The van der Waals surface area contributed by atoms with Gasteiger partial charge in [0.05, 0.1) is 33.8 Å². The number of hydrogen-bond acceptors (Lipinski definition) is 6. The fourth-order valence-corrected chi connectivity index (χ4v) is 4.66. The number of halogens is 3. The molecule has 0 unspecified atom stereocenters. The van der Waals surface area contributed by atoms with Crippen molar-refractivity contribution >= 4 is 38.7 Å². The van der Waals surface area contributed by atoms with Gasteiger partial charge in [0.1, 0.15) is 5.82 Å². The third kappa shape index (κ3) is 3.62. The molecule has 186 valence electrons. The second-order valence-electron chi connectivity index (χ2n) is 8.67. The lowest BCUT2D eigenvalue weighted by atomic mass is 10.0. The Labute approximate surface area is 212 Å². The summed E-state index contributed by atoms with van der Waals surface area (Å²) in [5.41, 5.74) is 9.15. The average molecular weight is 510 g/mol. The maximum Gasteiger partial charge on any atom is 0.419 e. The van der Waals surface area contributed by atoms with Crippen LogP contribution in [0, 0.1) is 11.5 Å². The summed E-state index contributed by atoms with van der Waals surface area (Å²) in [4.78, 5) is 16.8. The highest BCUT2D eigenvalue weighted by Gasteiger charge is 2.34. The quantitative estimate of drug-likeness (QED) is 0.326. The van der Waals surface area contributed by atoms with Crippen molar-refractivity contribution in [1.82, 2.24) is 24.1 Å². The van der Waals surface area contributed by atoms with Crippen molar-refractivity contribution in [1.29, 1.82) is 5.26 Å². The first-order valence-electron chi connectivity index (χ1n) is 11.4. The number of benzene rings is 2. The van der Waals surface area contributed by atoms with E-state index in [0.29, 0.717) is 33.1 Å². The summed E-state index contributed by atoms with van der Waals surface area (Å²) in [6.07, 6.45) is 1.93. The Morgan fingerprint density at radius 2 is 1.76 bits per heavy atom. The lowest BCUT2D eigenvalue weighted by Crippen LogP contribution is -2.22. The number of nitrogen functional groups attached to an aromatic ring is 1. The van der Waals surface area contributed by atoms with Crippen LogP contribution < -0.4 is 11.4 Å². The zero-order valence-corrected chi connectivity index (χ0v) is 19.8. The predicted octanol–water partition coefficient (Wildman–Crippen LogP) is 5.11. The molecule has 0 radical (unpaired) electrons. The minimum atomic E-state index is -4.64. The molecule has 0 atom stereocenters. The van der Waals surface area contributed by atoms with Crippen molar-refractivity contribution in [2.24, 2.45) is 12.0 Å². The first-order valence-corrected chi connectivity index (χ1v) is 11.4. The largest absolute Gasteiger partial charge is 0.419 e. The molecule has 2 aromatic carbocycles. The first kappa shape index (κ1) is 23.2. The zero-order valence-electron chi connectivity index (χ0n) is 19.8. The molecule has 0 aliphatic rings. The molecule has 11 heteroatoms. The van der Waals surface area contributed by atoms with E-state index in [4.69, 9.17) is 5.73 Å². The number of rotatable bonds is 2. The number of nitrogens with zero attached hydrogens (tertiary/aromatic N) is 7. The van der Waals surface area contributed by atoms with Gasteiger partial charge in [-0.15, -0.1) is 4.99 Å². The number of anilines is 1. The van der Waals surface area contributed by atoms with Crippen LogP contribution in [0.2, 0.25) is 0 Å². The minimum absolute atomic E-state index is 0.256. The molecule has 0 saturated heterocycles. The van der Waals surface area contributed by atoms with E-state index in [1.165, 1.54) is 6.20 Å². The Bertz CT molecular complexity index is 2010. The van der Waals surface area contributed by atoms with Gasteiger partial charge in [0.15, 0.2) is 0 Å². The van der Waals surface area contributed by atoms with Crippen LogP contribution >= 0.6 is 0 Å². The number of pyridine rings is 3. The van der Waals surface area contributed by atoms with Gasteiger partial charge < -0.3 is 10.3 Å². The van der Waals surface area contributed by atoms with Crippen LogP contribution in [0.5, 0.6) is 0 Å². The molecular formula is C27H17F3N8. The van der Waals surface area contributed by atoms with Crippen LogP contribution in [0.3, 0.4) is 0 Å². The number of aryl methyl sites for hydroxylation is 1. The number of aromatic nitrogens is 5. The lowest BCUT2D eigenvalue weighted by Gasteiger charge is -2.12. The van der Waals surface area contributed by atoms with Gasteiger partial charge in [-0.3, -0.25) is 14.5 Å². The van der Waals surface area contributed by atoms with E-state index in [2.05, 4.69) is 19.9 Å². The molecule has 8 nitrogen and oxygen atoms in total. The normalized spacial score (nSPS) is 12.4. The molecule has 0 bridgehead atoms. The Hall–Kier alpha value is -5.24. The zero-order chi connectivity index (χ0) is 26.6. The molecule has 0 aliphatic heterocycles. The maximum atomic E-state index is 13.5. The predicted molar refractivity (Wildman–Crippen MR) is 137 cm³/mol. The highest BCUT2D eigenvalue weighted by Crippen LogP contribution is 2.36. The Kier molecular flexibility index (Phi) is 5.13. The van der Waals surface area contributed by atoms with Crippen molar-refractivity contribution in [3.05, 3.63) is 84.4 Å². The van der Waals surface area contributed by atoms with Crippen molar-refractivity contribution < 1.29 is 13.2 Å². The smallest absolute Gasteiger partial charge is 0.383 e. The molecular weight excluding hydrogens is 493 g/mol. The molecule has 0 fully saturated rings. The fourth-order valence-electron chi connectivity index (χ4n) is 4.66. The topological polar surface area (TPSA) is 111 Å². The Balaban J connectivity index is 1.69. The fraction of sp³-hybridized carbons (Fsp3) is 0.0741. The molecule has 6 aromatic rings. The number of hydrogen-bond donors (Lipinski definition) is 1. The number of imidazole rings is 1. The lowest BCUT2D eigenvalue weighted by molar-refractivity contribution is -0.137. The maximum absolute atomic E-state index is 13.5. The molecule has 2 N–H and O–H groups in total. The van der Waals surface area contributed by atoms with Crippen molar-refractivity contribution in [3.63, 3.8) is 0 Å². The van der Waals surface area contributed by atoms with Gasteiger partial charge in [0.2, 0.25) is 11.8 Å². The summed E-state index contributed by atoms with van der Waals surface area (Å²) in [6.45, 7) is 0. The number of alkyl halides is 3. The summed E-state index contributed by atoms with van der Waals surface area (Å²) >= 11 is 0. The van der Waals surface area contributed by atoms with E-state index < -0.39 is 17.6 Å². The molecule has 6 rings (SSSR count). The minimum Gasteiger partial charge on any atom is -0.383 e. The van der Waals surface area contributed by atoms with E-state index in [9.17, 15) is 18.4 Å². The van der Waals surface area contributed by atoms with Crippen LogP contribution in [-0.2, 0) is 13.2 Å². The summed E-state index contributed by atoms with van der Waals surface area (Å²) < 4.78 is 44.1. The van der Waals surface area contributed by atoms with Crippen molar-refractivity contribution in [3.8, 4) is 23.0 Å². The molecule has 38 heavy (non-hydrogen) atoms. The van der Waals surface area contributed by atoms with Crippen molar-refractivity contribution in [2.45, 2.75) is 6.18 Å². The standard InChI is InChI=1S/C27H17F3N8/c1-37-23-13-34-22-6-4-15(17-11-20(27(28,29)30)25(32)35-12-17)10-19(22)24(23)38(26(37)36-14-31)18-5-7-21-16(9-18)3-2-8-33-21/h2-13H,1H3,(H2,32,35). The van der Waals surface area contributed by atoms with Gasteiger partial charge in [0, 0.05) is 41.5 Å². The Morgan fingerprint density at radius 3 is 2.55 bits per heavy atom. The van der Waals surface area contributed by atoms with Crippen LogP contribution in [0.25, 0.3) is 49.7 Å². The van der Waals surface area contributed by atoms with Crippen LogP contribution in [0.15, 0.2) is 78.2 Å². The highest BCUT2D eigenvalue weighted by atomic mass is 19.4. The summed E-state index contributed by atoms with van der Waals surface area (Å²) in [5, 5.41) is 11.0. The SMILES string of the molecule is Cn1c(=NC#N)n(-c2ccc3ncccc3c2)c2c3cc(-c4cnc(N)c(C(F)(F)F)c4)ccc3ncc21. The van der Waals surface area contributed by atoms with E-state index in [0.717, 1.165) is 22.7 Å². The van der Waals surface area contributed by atoms with E-state index in [-0.39, 0.29) is 5.56 Å². The monoisotopic (exact) mass is 510 g/mol. The second kappa shape index (κ2) is 8.41. The molecule has 4 heterocycles. The number of nitrogens with two attached hydrogens (primary N) is 1. The third-order valence-corrected chi connectivity index (χ3v) is 6.46. The second-order valence-corrected chi connectivity index (χ2v) is 8.67. The van der Waals surface area contributed by atoms with E-state index in [1.807, 2.05) is 41.1 Å². The van der Waals surface area contributed by atoms with Gasteiger partial charge in [-0.25, -0.2) is 4.98 Å². The van der Waals surface area contributed by atoms with Gasteiger partial charge in [-0.2, -0.15) is 18.4 Å². The van der Waals surface area contributed by atoms with E-state index >= 15 is 0 Å². The van der Waals surface area contributed by atoms with Crippen molar-refractivity contribution in [2.75, 3.05) is 5.73 Å². The Morgan fingerprint density at radius 1 is 0.947 bits per heavy atom. The summed E-state index contributed by atoms with van der Waals surface area (Å²) in [5.74, 6) is -0.583. The highest BCUT2D eigenvalue weighted by molar-refractivity contribution is 6.04. The average Bonchev–Trinajstić information content (AvgIpc) is 3.19. The molecule has 0 spiro atoms. The van der Waals surface area contributed by atoms with E-state index in [1.54, 1.807) is 42.2 Å². The molecule has 4 aromatic heterocycles. The summed E-state index contributed by atoms with van der Waals surface area (Å²) in [7, 11) is 1.77. The molecule has 0 amide bonds. The summed E-state index contributed by atoms with van der Waals surface area (Å²) in [6, 6.07) is 15.6.